The molecular formula is C12H8ClFN2O. The average molecular weight is 251 g/mol. The van der Waals surface area contributed by atoms with Gasteiger partial charge in [0.25, 0.3) is 5.56 Å². The lowest BCUT2D eigenvalue weighted by Crippen LogP contribution is -2.09. The van der Waals surface area contributed by atoms with Crippen molar-refractivity contribution in [1.82, 2.24) is 9.38 Å². The van der Waals surface area contributed by atoms with Crippen LogP contribution in [0.4, 0.5) is 4.39 Å². The van der Waals surface area contributed by atoms with Crippen molar-refractivity contribution in [1.29, 1.82) is 0 Å². The summed E-state index contributed by atoms with van der Waals surface area (Å²) in [6.07, 6.45) is 1.30. The maximum atomic E-state index is 13.2. The van der Waals surface area contributed by atoms with Crippen LogP contribution in [-0.2, 0) is 5.88 Å². The molecule has 0 aliphatic rings. The largest absolute Gasteiger partial charge is 0.319 e. The van der Waals surface area contributed by atoms with Gasteiger partial charge in [-0.05, 0) is 17.7 Å². The van der Waals surface area contributed by atoms with Gasteiger partial charge in [0, 0.05) is 18.1 Å². The third-order valence-electron chi connectivity index (χ3n) is 2.74. The highest BCUT2D eigenvalue weighted by Gasteiger charge is 2.07. The van der Waals surface area contributed by atoms with Crippen LogP contribution in [0, 0.1) is 5.82 Å². The molecule has 2 heterocycles. The maximum absolute atomic E-state index is 13.2. The Morgan fingerprint density at radius 2 is 2.12 bits per heavy atom. The number of benzene rings is 1. The van der Waals surface area contributed by atoms with E-state index < -0.39 is 5.82 Å². The van der Waals surface area contributed by atoms with Crippen LogP contribution in [-0.4, -0.2) is 9.38 Å². The zero-order valence-corrected chi connectivity index (χ0v) is 9.46. The lowest BCUT2D eigenvalue weighted by atomic mass is 10.2. The number of nitrogens with one attached hydrogen (secondary N) is 1. The smallest absolute Gasteiger partial charge is 0.272 e. The number of H-pyrrole nitrogens is 1. The molecule has 3 aromatic rings. The van der Waals surface area contributed by atoms with Crippen LogP contribution >= 0.6 is 11.6 Å². The summed E-state index contributed by atoms with van der Waals surface area (Å²) in [4.78, 5) is 14.4. The van der Waals surface area contributed by atoms with Gasteiger partial charge in [0.05, 0.1) is 11.0 Å². The van der Waals surface area contributed by atoms with Crippen LogP contribution in [0.1, 0.15) is 5.56 Å². The van der Waals surface area contributed by atoms with Crippen molar-refractivity contribution in [3.8, 4) is 0 Å². The predicted molar refractivity (Wildman–Crippen MR) is 65.0 cm³/mol. The van der Waals surface area contributed by atoms with Crippen LogP contribution in [0.15, 0.2) is 35.3 Å². The molecule has 0 aliphatic heterocycles. The number of halogens is 2. The molecule has 5 heteroatoms. The molecule has 1 N–H and O–H groups in total. The fourth-order valence-electron chi connectivity index (χ4n) is 1.97. The van der Waals surface area contributed by atoms with Gasteiger partial charge >= 0.3 is 0 Å². The zero-order valence-electron chi connectivity index (χ0n) is 8.71. The Bertz CT molecular complexity index is 775. The number of rotatable bonds is 1. The van der Waals surface area contributed by atoms with Crippen molar-refractivity contribution >= 4 is 28.2 Å². The van der Waals surface area contributed by atoms with Gasteiger partial charge in [0.1, 0.15) is 11.3 Å². The number of hydrogen-bond donors (Lipinski definition) is 1. The van der Waals surface area contributed by atoms with Crippen molar-refractivity contribution < 1.29 is 4.39 Å². The van der Waals surface area contributed by atoms with Gasteiger partial charge in [-0.1, -0.05) is 6.07 Å². The third-order valence-corrected chi connectivity index (χ3v) is 3.05. The zero-order chi connectivity index (χ0) is 12.0. The Labute approximate surface area is 100 Å². The summed E-state index contributed by atoms with van der Waals surface area (Å²) in [6, 6.07) is 6.68. The summed E-state index contributed by atoms with van der Waals surface area (Å²) in [7, 11) is 0. The maximum Gasteiger partial charge on any atom is 0.272 e. The Balaban J connectivity index is 2.52. The van der Waals surface area contributed by atoms with E-state index in [0.29, 0.717) is 16.9 Å². The molecule has 1 aromatic carbocycles. The van der Waals surface area contributed by atoms with Gasteiger partial charge in [0.15, 0.2) is 0 Å². The molecular weight excluding hydrogens is 243 g/mol. The van der Waals surface area contributed by atoms with Gasteiger partial charge in [-0.3, -0.25) is 4.79 Å². The Kier molecular flexibility index (Phi) is 2.19. The molecule has 0 bridgehead atoms. The summed E-state index contributed by atoms with van der Waals surface area (Å²) >= 11 is 5.73. The van der Waals surface area contributed by atoms with Gasteiger partial charge in [0.2, 0.25) is 0 Å². The van der Waals surface area contributed by atoms with Crippen molar-refractivity contribution in [2.45, 2.75) is 5.88 Å². The SMILES string of the molecule is O=c1[nH]c2cc(CCl)ccc2n2cc(F)cc12. The van der Waals surface area contributed by atoms with E-state index in [9.17, 15) is 9.18 Å². The summed E-state index contributed by atoms with van der Waals surface area (Å²) in [5.74, 6) is -0.0554. The second-order valence-electron chi connectivity index (χ2n) is 3.85. The quantitative estimate of drug-likeness (QED) is 0.663. The number of aromatic nitrogens is 2. The van der Waals surface area contributed by atoms with E-state index in [1.165, 1.54) is 12.3 Å². The highest BCUT2D eigenvalue weighted by Crippen LogP contribution is 2.17. The highest BCUT2D eigenvalue weighted by atomic mass is 35.5. The summed E-state index contributed by atoms with van der Waals surface area (Å²) in [6.45, 7) is 0. The predicted octanol–water partition coefficient (Wildman–Crippen LogP) is 2.66. The molecule has 3 nitrogen and oxygen atoms in total. The molecule has 0 spiro atoms. The van der Waals surface area contributed by atoms with E-state index in [-0.39, 0.29) is 5.56 Å². The molecule has 0 saturated carbocycles. The molecule has 0 atom stereocenters. The van der Waals surface area contributed by atoms with Crippen LogP contribution < -0.4 is 5.56 Å². The summed E-state index contributed by atoms with van der Waals surface area (Å²) in [5, 5.41) is 0. The minimum Gasteiger partial charge on any atom is -0.319 e. The van der Waals surface area contributed by atoms with E-state index in [2.05, 4.69) is 4.98 Å². The monoisotopic (exact) mass is 250 g/mol. The second kappa shape index (κ2) is 3.60. The first-order valence-electron chi connectivity index (χ1n) is 5.07. The van der Waals surface area contributed by atoms with Crippen LogP contribution in [0.5, 0.6) is 0 Å². The second-order valence-corrected chi connectivity index (χ2v) is 4.12. The molecule has 2 aromatic heterocycles. The topological polar surface area (TPSA) is 37.3 Å². The minimum absolute atomic E-state index is 0.300. The molecule has 0 amide bonds. The molecule has 86 valence electrons. The van der Waals surface area contributed by atoms with E-state index in [4.69, 9.17) is 11.6 Å². The van der Waals surface area contributed by atoms with Gasteiger partial charge in [-0.25, -0.2) is 4.39 Å². The number of nitrogens with zero attached hydrogens (tertiary/aromatic N) is 1. The van der Waals surface area contributed by atoms with E-state index in [0.717, 1.165) is 11.1 Å². The van der Waals surface area contributed by atoms with Gasteiger partial charge in [-0.15, -0.1) is 11.6 Å². The van der Waals surface area contributed by atoms with Gasteiger partial charge in [-0.2, -0.15) is 0 Å². The Hall–Kier alpha value is -1.81. The first kappa shape index (κ1) is 10.4. The van der Waals surface area contributed by atoms with Crippen molar-refractivity contribution in [3.05, 3.63) is 52.2 Å². The minimum atomic E-state index is -0.426. The standard InChI is InChI=1S/C12H8ClFN2O/c13-5-7-1-2-10-9(3-7)15-12(17)11-4-8(14)6-16(10)11/h1-4,6H,5H2,(H,15,17). The summed E-state index contributed by atoms with van der Waals surface area (Å²) < 4.78 is 14.7. The fraction of sp³-hybridized carbons (Fsp3) is 0.0833. The first-order valence-corrected chi connectivity index (χ1v) is 5.61. The first-order chi connectivity index (χ1) is 8.19. The van der Waals surface area contributed by atoms with Crippen molar-refractivity contribution in [2.75, 3.05) is 0 Å². The molecule has 17 heavy (non-hydrogen) atoms. The molecule has 0 radical (unpaired) electrons. The van der Waals surface area contributed by atoms with E-state index >= 15 is 0 Å². The lowest BCUT2D eigenvalue weighted by molar-refractivity contribution is 0.629. The number of fused-ring (bicyclic) bond motifs is 3. The highest BCUT2D eigenvalue weighted by molar-refractivity contribution is 6.17. The average Bonchev–Trinajstić information content (AvgIpc) is 2.71. The van der Waals surface area contributed by atoms with Crippen molar-refractivity contribution in [3.63, 3.8) is 0 Å². The fourth-order valence-corrected chi connectivity index (χ4v) is 2.13. The Morgan fingerprint density at radius 1 is 1.29 bits per heavy atom. The normalized spacial score (nSPS) is 11.4. The van der Waals surface area contributed by atoms with Crippen LogP contribution in [0.25, 0.3) is 16.6 Å². The van der Waals surface area contributed by atoms with Gasteiger partial charge < -0.3 is 9.38 Å². The summed E-state index contributed by atoms with van der Waals surface area (Å²) in [5.41, 5.74) is 2.29. The third kappa shape index (κ3) is 1.52. The van der Waals surface area contributed by atoms with Crippen LogP contribution in [0.2, 0.25) is 0 Å². The molecule has 0 fully saturated rings. The van der Waals surface area contributed by atoms with Crippen LogP contribution in [0.3, 0.4) is 0 Å². The van der Waals surface area contributed by atoms with Crippen molar-refractivity contribution in [2.24, 2.45) is 0 Å². The lowest BCUT2D eigenvalue weighted by Gasteiger charge is -2.03. The Morgan fingerprint density at radius 3 is 2.88 bits per heavy atom. The van der Waals surface area contributed by atoms with E-state index in [1.807, 2.05) is 12.1 Å². The number of alkyl halides is 1. The molecule has 0 aliphatic carbocycles. The molecule has 0 unspecified atom stereocenters. The molecule has 3 rings (SSSR count). The number of hydrogen-bond acceptors (Lipinski definition) is 1. The van der Waals surface area contributed by atoms with E-state index in [1.54, 1.807) is 10.5 Å². The molecule has 0 saturated heterocycles. The number of aromatic amines is 1.